The monoisotopic (exact) mass is 339 g/mol. The van der Waals surface area contributed by atoms with Gasteiger partial charge in [-0.25, -0.2) is 0 Å². The molecule has 0 aliphatic rings. The molecule has 0 aliphatic carbocycles. The zero-order chi connectivity index (χ0) is 18.1. The molecule has 0 atom stereocenters. The minimum absolute atomic E-state index is 0.0254. The molecule has 2 aromatic carbocycles. The fourth-order valence-electron chi connectivity index (χ4n) is 2.54. The van der Waals surface area contributed by atoms with Crippen LogP contribution >= 0.6 is 0 Å². The predicted molar refractivity (Wildman–Crippen MR) is 99.3 cm³/mol. The summed E-state index contributed by atoms with van der Waals surface area (Å²) < 4.78 is 0. The summed E-state index contributed by atoms with van der Waals surface area (Å²) in [6, 6.07) is 19.2. The summed E-state index contributed by atoms with van der Waals surface area (Å²) in [4.78, 5) is 26.6. The van der Waals surface area contributed by atoms with E-state index in [1.54, 1.807) is 0 Å². The van der Waals surface area contributed by atoms with Gasteiger partial charge in [-0.05, 0) is 25.2 Å². The summed E-state index contributed by atoms with van der Waals surface area (Å²) in [6.07, 6.45) is 0. The quantitative estimate of drug-likeness (QED) is 0.768. The molecule has 132 valence electrons. The maximum Gasteiger partial charge on any atom is 0.239 e. The van der Waals surface area contributed by atoms with Gasteiger partial charge in [0.2, 0.25) is 11.8 Å². The van der Waals surface area contributed by atoms with Crippen molar-refractivity contribution in [1.82, 2.24) is 15.5 Å². The second kappa shape index (κ2) is 9.59. The summed E-state index contributed by atoms with van der Waals surface area (Å²) in [7, 11) is 3.89. The molecule has 5 nitrogen and oxygen atoms in total. The van der Waals surface area contributed by atoms with Crippen LogP contribution in [0.25, 0.3) is 0 Å². The molecule has 5 heteroatoms. The van der Waals surface area contributed by atoms with Crippen LogP contribution < -0.4 is 10.6 Å². The van der Waals surface area contributed by atoms with E-state index in [0.29, 0.717) is 6.54 Å². The van der Waals surface area contributed by atoms with E-state index < -0.39 is 5.92 Å². The van der Waals surface area contributed by atoms with Crippen molar-refractivity contribution >= 4 is 11.8 Å². The summed E-state index contributed by atoms with van der Waals surface area (Å²) in [6.45, 7) is 1.29. The maximum atomic E-state index is 12.7. The minimum atomic E-state index is -0.433. The number of nitrogens with one attached hydrogen (secondary N) is 2. The van der Waals surface area contributed by atoms with Gasteiger partial charge in [-0.3, -0.25) is 9.59 Å². The van der Waals surface area contributed by atoms with Gasteiger partial charge in [0.15, 0.2) is 0 Å². The summed E-state index contributed by atoms with van der Waals surface area (Å²) in [5.41, 5.74) is 1.80. The Morgan fingerprint density at radius 3 is 1.88 bits per heavy atom. The highest BCUT2D eigenvalue weighted by Crippen LogP contribution is 2.24. The average Bonchev–Trinajstić information content (AvgIpc) is 2.62. The van der Waals surface area contributed by atoms with E-state index in [4.69, 9.17) is 0 Å². The highest BCUT2D eigenvalue weighted by atomic mass is 16.2. The van der Waals surface area contributed by atoms with Gasteiger partial charge in [0.1, 0.15) is 0 Å². The van der Waals surface area contributed by atoms with Crippen molar-refractivity contribution in [2.24, 2.45) is 0 Å². The zero-order valence-corrected chi connectivity index (χ0v) is 14.7. The molecule has 2 N–H and O–H groups in total. The molecule has 0 unspecified atom stereocenters. The van der Waals surface area contributed by atoms with Gasteiger partial charge in [0.05, 0.1) is 12.5 Å². The van der Waals surface area contributed by atoms with Gasteiger partial charge in [-0.2, -0.15) is 0 Å². The first-order valence-corrected chi connectivity index (χ1v) is 8.37. The first kappa shape index (κ1) is 18.7. The zero-order valence-electron chi connectivity index (χ0n) is 14.7. The maximum absolute atomic E-state index is 12.7. The van der Waals surface area contributed by atoms with Gasteiger partial charge >= 0.3 is 0 Å². The third kappa shape index (κ3) is 6.04. The lowest BCUT2D eigenvalue weighted by molar-refractivity contribution is -0.126. The van der Waals surface area contributed by atoms with Crippen molar-refractivity contribution in [3.05, 3.63) is 71.8 Å². The lowest BCUT2D eigenvalue weighted by Crippen LogP contribution is -2.41. The topological polar surface area (TPSA) is 61.4 Å². The molecule has 0 heterocycles. The molecule has 0 saturated heterocycles. The first-order chi connectivity index (χ1) is 12.1. The normalized spacial score (nSPS) is 10.7. The van der Waals surface area contributed by atoms with Crippen molar-refractivity contribution in [2.75, 3.05) is 33.7 Å². The molecule has 25 heavy (non-hydrogen) atoms. The molecular formula is C20H25N3O2. The van der Waals surface area contributed by atoms with E-state index in [9.17, 15) is 9.59 Å². The van der Waals surface area contributed by atoms with Crippen LogP contribution in [0.4, 0.5) is 0 Å². The largest absolute Gasteiger partial charge is 0.353 e. The third-order valence-electron chi connectivity index (χ3n) is 3.83. The van der Waals surface area contributed by atoms with Crippen molar-refractivity contribution in [3.63, 3.8) is 0 Å². The van der Waals surface area contributed by atoms with Gasteiger partial charge in [0, 0.05) is 13.1 Å². The Morgan fingerprint density at radius 1 is 0.880 bits per heavy atom. The number of amides is 2. The number of benzene rings is 2. The second-order valence-corrected chi connectivity index (χ2v) is 6.13. The van der Waals surface area contributed by atoms with Crippen LogP contribution in [0.2, 0.25) is 0 Å². The van der Waals surface area contributed by atoms with E-state index in [0.717, 1.165) is 17.7 Å². The van der Waals surface area contributed by atoms with Crippen molar-refractivity contribution in [3.8, 4) is 0 Å². The van der Waals surface area contributed by atoms with Crippen LogP contribution in [-0.2, 0) is 9.59 Å². The fourth-order valence-corrected chi connectivity index (χ4v) is 2.54. The van der Waals surface area contributed by atoms with E-state index in [1.807, 2.05) is 79.7 Å². The highest BCUT2D eigenvalue weighted by Gasteiger charge is 2.22. The standard InChI is InChI=1S/C20H25N3O2/c1-23(2)14-13-21-18(24)15-22-20(25)19(16-9-5-3-6-10-16)17-11-7-4-8-12-17/h3-12,19H,13-15H2,1-2H3,(H,21,24)(H,22,25). The fraction of sp³-hybridized carbons (Fsp3) is 0.300. The Kier molecular flexibility index (Phi) is 7.16. The third-order valence-corrected chi connectivity index (χ3v) is 3.83. The van der Waals surface area contributed by atoms with Crippen molar-refractivity contribution < 1.29 is 9.59 Å². The van der Waals surface area contributed by atoms with Crippen LogP contribution in [0.3, 0.4) is 0 Å². The summed E-state index contributed by atoms with van der Waals surface area (Å²) in [5, 5.41) is 5.55. The van der Waals surface area contributed by atoms with Gasteiger partial charge < -0.3 is 15.5 Å². The number of likely N-dealkylation sites (N-methyl/N-ethyl adjacent to an activating group) is 1. The van der Waals surface area contributed by atoms with Crippen LogP contribution in [-0.4, -0.2) is 50.4 Å². The van der Waals surface area contributed by atoms with Crippen molar-refractivity contribution in [1.29, 1.82) is 0 Å². The Balaban J connectivity index is 2.01. The molecule has 0 spiro atoms. The molecule has 0 bridgehead atoms. The Labute approximate surface area is 149 Å². The average molecular weight is 339 g/mol. The molecule has 0 fully saturated rings. The number of hydrogen-bond acceptors (Lipinski definition) is 3. The molecule has 2 amide bonds. The molecule has 0 aliphatic heterocycles. The number of rotatable bonds is 8. The number of carbonyl (C=O) groups is 2. The number of carbonyl (C=O) groups excluding carboxylic acids is 2. The Hall–Kier alpha value is -2.66. The molecule has 2 aromatic rings. The van der Waals surface area contributed by atoms with E-state index in [2.05, 4.69) is 10.6 Å². The van der Waals surface area contributed by atoms with E-state index >= 15 is 0 Å². The van der Waals surface area contributed by atoms with Crippen LogP contribution in [0.15, 0.2) is 60.7 Å². The smallest absolute Gasteiger partial charge is 0.239 e. The van der Waals surface area contributed by atoms with Gasteiger partial charge in [-0.15, -0.1) is 0 Å². The van der Waals surface area contributed by atoms with E-state index in [1.165, 1.54) is 0 Å². The molecular weight excluding hydrogens is 314 g/mol. The molecule has 0 aromatic heterocycles. The highest BCUT2D eigenvalue weighted by molar-refractivity contribution is 5.90. The van der Waals surface area contributed by atoms with Crippen LogP contribution in [0.5, 0.6) is 0 Å². The minimum Gasteiger partial charge on any atom is -0.353 e. The molecule has 2 rings (SSSR count). The number of hydrogen-bond donors (Lipinski definition) is 2. The van der Waals surface area contributed by atoms with Gasteiger partial charge in [0.25, 0.3) is 0 Å². The molecule has 0 radical (unpaired) electrons. The van der Waals surface area contributed by atoms with E-state index in [-0.39, 0.29) is 18.4 Å². The second-order valence-electron chi connectivity index (χ2n) is 6.13. The lowest BCUT2D eigenvalue weighted by atomic mass is 9.90. The lowest BCUT2D eigenvalue weighted by Gasteiger charge is -2.18. The SMILES string of the molecule is CN(C)CCNC(=O)CNC(=O)C(c1ccccc1)c1ccccc1. The van der Waals surface area contributed by atoms with Crippen molar-refractivity contribution in [2.45, 2.75) is 5.92 Å². The Morgan fingerprint density at radius 2 is 1.40 bits per heavy atom. The number of nitrogens with zero attached hydrogens (tertiary/aromatic N) is 1. The summed E-state index contributed by atoms with van der Waals surface area (Å²) >= 11 is 0. The van der Waals surface area contributed by atoms with Gasteiger partial charge in [-0.1, -0.05) is 60.7 Å². The first-order valence-electron chi connectivity index (χ1n) is 8.37. The molecule has 0 saturated carbocycles. The van der Waals surface area contributed by atoms with Crippen LogP contribution in [0.1, 0.15) is 17.0 Å². The van der Waals surface area contributed by atoms with Crippen LogP contribution in [0, 0.1) is 0 Å². The predicted octanol–water partition coefficient (Wildman–Crippen LogP) is 1.61. The Bertz CT molecular complexity index is 632. The summed E-state index contributed by atoms with van der Waals surface area (Å²) in [5.74, 6) is -0.799.